The van der Waals surface area contributed by atoms with Crippen LogP contribution in [-0.2, 0) is 6.54 Å². The maximum absolute atomic E-state index is 8.96. The maximum Gasteiger partial charge on any atom is 0.0827 e. The Hall–Kier alpha value is -3.87. The van der Waals surface area contributed by atoms with E-state index in [0.717, 1.165) is 56.7 Å². The number of nitrogens with zero attached hydrogens (tertiary/aromatic N) is 3. The Balaban J connectivity index is 1.65. The molecule has 32 heavy (non-hydrogen) atoms. The van der Waals surface area contributed by atoms with Crippen molar-refractivity contribution in [3.05, 3.63) is 90.9 Å². The summed E-state index contributed by atoms with van der Waals surface area (Å²) in [5.74, 6) is 0. The summed E-state index contributed by atoms with van der Waals surface area (Å²) in [5.41, 5.74) is 7.99. The molecular formula is C26H23N5O. The minimum Gasteiger partial charge on any atom is -0.395 e. The first kappa shape index (κ1) is 20.1. The Bertz CT molecular complexity index is 1320. The number of benzene rings is 2. The zero-order valence-electron chi connectivity index (χ0n) is 17.5. The average Bonchev–Trinajstić information content (AvgIpc) is 3.39. The van der Waals surface area contributed by atoms with E-state index in [-0.39, 0.29) is 6.61 Å². The highest BCUT2D eigenvalue weighted by Crippen LogP contribution is 2.36. The molecule has 0 unspecified atom stereocenters. The van der Waals surface area contributed by atoms with Gasteiger partial charge in [0.1, 0.15) is 0 Å². The van der Waals surface area contributed by atoms with E-state index in [0.29, 0.717) is 6.54 Å². The third-order valence-electron chi connectivity index (χ3n) is 5.44. The first-order chi connectivity index (χ1) is 15.8. The molecule has 0 aliphatic heterocycles. The molecule has 3 aromatic heterocycles. The minimum absolute atomic E-state index is 0.134. The van der Waals surface area contributed by atoms with E-state index in [4.69, 9.17) is 10.1 Å². The molecule has 158 valence electrons. The summed E-state index contributed by atoms with van der Waals surface area (Å²) in [4.78, 5) is 9.69. The van der Waals surface area contributed by atoms with Crippen molar-refractivity contribution in [1.29, 1.82) is 0 Å². The fourth-order valence-electron chi connectivity index (χ4n) is 3.86. The van der Waals surface area contributed by atoms with Crippen LogP contribution < -0.4 is 5.32 Å². The van der Waals surface area contributed by atoms with Crippen LogP contribution >= 0.6 is 0 Å². The third kappa shape index (κ3) is 4.01. The van der Waals surface area contributed by atoms with Crippen LogP contribution in [0.5, 0.6) is 0 Å². The second-order valence-corrected chi connectivity index (χ2v) is 7.56. The number of pyridine rings is 2. The average molecular weight is 422 g/mol. The predicted octanol–water partition coefficient (Wildman–Crippen LogP) is 4.44. The lowest BCUT2D eigenvalue weighted by Gasteiger charge is -2.13. The maximum atomic E-state index is 8.96. The molecule has 3 heterocycles. The van der Waals surface area contributed by atoms with Gasteiger partial charge in [-0.05, 0) is 23.3 Å². The van der Waals surface area contributed by atoms with Gasteiger partial charge in [-0.1, -0.05) is 54.6 Å². The SMILES string of the molecule is OCCNCc1ccc(-c2nc3ccnc(-c4cn[nH]c4)c3cc2-c2ccccc2)cc1. The van der Waals surface area contributed by atoms with Crippen molar-refractivity contribution in [2.75, 3.05) is 13.2 Å². The smallest absolute Gasteiger partial charge is 0.0827 e. The molecule has 0 aliphatic carbocycles. The molecule has 0 atom stereocenters. The van der Waals surface area contributed by atoms with Crippen molar-refractivity contribution in [1.82, 2.24) is 25.5 Å². The van der Waals surface area contributed by atoms with Gasteiger partial charge < -0.3 is 10.4 Å². The topological polar surface area (TPSA) is 86.7 Å². The lowest BCUT2D eigenvalue weighted by Crippen LogP contribution is -2.17. The summed E-state index contributed by atoms with van der Waals surface area (Å²) in [7, 11) is 0. The number of aliphatic hydroxyl groups excluding tert-OH is 1. The van der Waals surface area contributed by atoms with Gasteiger partial charge in [0.15, 0.2) is 0 Å². The second-order valence-electron chi connectivity index (χ2n) is 7.56. The molecule has 0 radical (unpaired) electrons. The van der Waals surface area contributed by atoms with Crippen LogP contribution in [-0.4, -0.2) is 38.4 Å². The quantitative estimate of drug-likeness (QED) is 0.338. The van der Waals surface area contributed by atoms with Crippen LogP contribution in [0.2, 0.25) is 0 Å². The lowest BCUT2D eigenvalue weighted by molar-refractivity contribution is 0.292. The normalized spacial score (nSPS) is 11.2. The minimum atomic E-state index is 0.134. The number of hydrogen-bond donors (Lipinski definition) is 3. The van der Waals surface area contributed by atoms with Crippen LogP contribution in [0, 0.1) is 0 Å². The van der Waals surface area contributed by atoms with E-state index in [1.807, 2.05) is 30.5 Å². The molecule has 0 bridgehead atoms. The number of H-pyrrole nitrogens is 1. The zero-order chi connectivity index (χ0) is 21.8. The highest BCUT2D eigenvalue weighted by atomic mass is 16.3. The van der Waals surface area contributed by atoms with E-state index in [1.54, 1.807) is 12.4 Å². The molecule has 0 aliphatic rings. The monoisotopic (exact) mass is 421 g/mol. The fraction of sp³-hybridized carbons (Fsp3) is 0.115. The van der Waals surface area contributed by atoms with Gasteiger partial charge in [0.05, 0.1) is 29.7 Å². The Labute approximate surface area is 186 Å². The standard InChI is InChI=1S/C26H23N5O/c32-13-12-27-15-18-6-8-20(9-7-18)26-22(19-4-2-1-3-5-19)14-23-24(31-26)10-11-28-25(23)21-16-29-30-17-21/h1-11,14,16-17,27,32H,12-13,15H2,(H,29,30). The molecule has 2 aromatic carbocycles. The molecule has 5 aromatic rings. The Morgan fingerprint density at radius 2 is 1.72 bits per heavy atom. The number of nitrogens with one attached hydrogen (secondary N) is 2. The summed E-state index contributed by atoms with van der Waals surface area (Å²) < 4.78 is 0. The van der Waals surface area contributed by atoms with Gasteiger partial charge >= 0.3 is 0 Å². The number of aliphatic hydroxyl groups is 1. The zero-order valence-corrected chi connectivity index (χ0v) is 17.5. The molecule has 0 saturated heterocycles. The van der Waals surface area contributed by atoms with Crippen LogP contribution in [0.3, 0.4) is 0 Å². The number of aromatic amines is 1. The van der Waals surface area contributed by atoms with E-state index < -0.39 is 0 Å². The third-order valence-corrected chi connectivity index (χ3v) is 5.44. The molecule has 0 saturated carbocycles. The van der Waals surface area contributed by atoms with E-state index in [9.17, 15) is 0 Å². The van der Waals surface area contributed by atoms with Gasteiger partial charge in [-0.25, -0.2) is 4.98 Å². The fourth-order valence-corrected chi connectivity index (χ4v) is 3.86. The molecule has 6 nitrogen and oxygen atoms in total. The van der Waals surface area contributed by atoms with Crippen molar-refractivity contribution < 1.29 is 5.11 Å². The van der Waals surface area contributed by atoms with Gasteiger partial charge in [0.25, 0.3) is 0 Å². The van der Waals surface area contributed by atoms with Gasteiger partial charge in [-0.2, -0.15) is 5.10 Å². The second kappa shape index (κ2) is 9.09. The summed E-state index contributed by atoms with van der Waals surface area (Å²) in [6.45, 7) is 1.44. The molecule has 0 amide bonds. The van der Waals surface area contributed by atoms with Crippen molar-refractivity contribution in [2.45, 2.75) is 6.54 Å². The van der Waals surface area contributed by atoms with Gasteiger partial charge in [-0.15, -0.1) is 0 Å². The van der Waals surface area contributed by atoms with Crippen LogP contribution in [0.15, 0.2) is 85.3 Å². The number of hydrogen-bond acceptors (Lipinski definition) is 5. The van der Waals surface area contributed by atoms with Gasteiger partial charge in [0.2, 0.25) is 0 Å². The van der Waals surface area contributed by atoms with Crippen molar-refractivity contribution in [3.63, 3.8) is 0 Å². The summed E-state index contributed by atoms with van der Waals surface area (Å²) in [6.07, 6.45) is 5.42. The lowest BCUT2D eigenvalue weighted by atomic mass is 9.96. The Kier molecular flexibility index (Phi) is 5.70. The molecule has 5 rings (SSSR count). The summed E-state index contributed by atoms with van der Waals surface area (Å²) >= 11 is 0. The molecule has 0 spiro atoms. The van der Waals surface area contributed by atoms with Gasteiger partial charge in [0, 0.05) is 47.6 Å². The van der Waals surface area contributed by atoms with Crippen molar-refractivity contribution >= 4 is 10.9 Å². The first-order valence-corrected chi connectivity index (χ1v) is 10.6. The highest BCUT2D eigenvalue weighted by Gasteiger charge is 2.15. The van der Waals surface area contributed by atoms with Crippen molar-refractivity contribution in [2.24, 2.45) is 0 Å². The Morgan fingerprint density at radius 3 is 2.47 bits per heavy atom. The van der Waals surface area contributed by atoms with Crippen LogP contribution in [0.25, 0.3) is 44.5 Å². The number of fused-ring (bicyclic) bond motifs is 1. The molecule has 6 heteroatoms. The predicted molar refractivity (Wildman–Crippen MR) is 127 cm³/mol. The molecule has 0 fully saturated rings. The molecule has 3 N–H and O–H groups in total. The number of rotatable bonds is 7. The van der Waals surface area contributed by atoms with Gasteiger partial charge in [-0.3, -0.25) is 10.1 Å². The van der Waals surface area contributed by atoms with Crippen molar-refractivity contribution in [3.8, 4) is 33.6 Å². The van der Waals surface area contributed by atoms with E-state index in [2.05, 4.69) is 63.0 Å². The summed E-state index contributed by atoms with van der Waals surface area (Å²) in [6, 6.07) is 22.9. The highest BCUT2D eigenvalue weighted by molar-refractivity contribution is 5.98. The first-order valence-electron chi connectivity index (χ1n) is 10.6. The van der Waals surface area contributed by atoms with E-state index >= 15 is 0 Å². The van der Waals surface area contributed by atoms with Crippen LogP contribution in [0.4, 0.5) is 0 Å². The molecular weight excluding hydrogens is 398 g/mol. The largest absolute Gasteiger partial charge is 0.395 e. The van der Waals surface area contributed by atoms with Crippen LogP contribution in [0.1, 0.15) is 5.56 Å². The Morgan fingerprint density at radius 1 is 0.875 bits per heavy atom. The summed E-state index contributed by atoms with van der Waals surface area (Å²) in [5, 5.41) is 20.1. The number of aromatic nitrogens is 4. The van der Waals surface area contributed by atoms with E-state index in [1.165, 1.54) is 0 Å².